The Bertz CT molecular complexity index is 1600. The number of hydrogen-bond donors (Lipinski definition) is 2. The minimum absolute atomic E-state index is 0.767. The lowest BCUT2D eigenvalue weighted by atomic mass is 9.85. The third-order valence-electron chi connectivity index (χ3n) is 7.21. The van der Waals surface area contributed by atoms with E-state index in [0.29, 0.717) is 0 Å². The Labute approximate surface area is 235 Å². The normalized spacial score (nSPS) is 10.7. The third kappa shape index (κ3) is 5.29. The van der Waals surface area contributed by atoms with Crippen molar-refractivity contribution in [3.05, 3.63) is 180 Å². The smallest absolute Gasteiger partial charge is 0.0314 e. The highest BCUT2D eigenvalue weighted by Gasteiger charge is 2.16. The van der Waals surface area contributed by atoms with Crippen LogP contribution in [0.2, 0.25) is 0 Å². The van der Waals surface area contributed by atoms with Gasteiger partial charge in [-0.3, -0.25) is 0 Å². The molecule has 0 aliphatic carbocycles. The van der Waals surface area contributed by atoms with Crippen LogP contribution in [0.4, 0.5) is 11.4 Å². The molecule has 2 heteroatoms. The first kappa shape index (κ1) is 25.0. The molecule has 0 saturated heterocycles. The first-order valence-corrected chi connectivity index (χ1v) is 13.4. The van der Waals surface area contributed by atoms with Crippen LogP contribution < -0.4 is 11.5 Å². The number of hydrogen-bond acceptors (Lipinski definition) is 2. The molecule has 40 heavy (non-hydrogen) atoms. The molecule has 0 unspecified atom stereocenters. The molecule has 0 atom stereocenters. The number of nitrogens with two attached hydrogens (primary N) is 2. The lowest BCUT2D eigenvalue weighted by Gasteiger charge is -2.19. The zero-order chi connectivity index (χ0) is 27.3. The second-order valence-corrected chi connectivity index (χ2v) is 9.88. The third-order valence-corrected chi connectivity index (χ3v) is 7.21. The van der Waals surface area contributed by atoms with E-state index in [1.165, 1.54) is 22.3 Å². The van der Waals surface area contributed by atoms with Crippen LogP contribution in [-0.4, -0.2) is 0 Å². The van der Waals surface area contributed by atoms with Crippen molar-refractivity contribution in [2.75, 3.05) is 11.5 Å². The quantitative estimate of drug-likeness (QED) is 0.172. The minimum atomic E-state index is 0.767. The van der Waals surface area contributed by atoms with Gasteiger partial charge in [-0.25, -0.2) is 0 Å². The van der Waals surface area contributed by atoms with Gasteiger partial charge >= 0.3 is 0 Å². The molecule has 6 aromatic carbocycles. The van der Waals surface area contributed by atoms with Gasteiger partial charge in [0.2, 0.25) is 0 Å². The summed E-state index contributed by atoms with van der Waals surface area (Å²) < 4.78 is 0. The molecule has 4 N–H and O–H groups in total. The zero-order valence-corrected chi connectivity index (χ0v) is 22.2. The van der Waals surface area contributed by atoms with Crippen molar-refractivity contribution in [1.29, 1.82) is 0 Å². The molecule has 0 aromatic heterocycles. The van der Waals surface area contributed by atoms with E-state index in [2.05, 4.69) is 133 Å². The Morgan fingerprint density at radius 2 is 0.525 bits per heavy atom. The van der Waals surface area contributed by atoms with Gasteiger partial charge in [-0.05, 0) is 79.9 Å². The van der Waals surface area contributed by atoms with E-state index in [0.717, 1.165) is 44.8 Å². The summed E-state index contributed by atoms with van der Waals surface area (Å²) in [5.74, 6) is 0. The highest BCUT2D eigenvalue weighted by atomic mass is 14.5. The van der Waals surface area contributed by atoms with Gasteiger partial charge in [-0.1, -0.05) is 133 Å². The summed E-state index contributed by atoms with van der Waals surface area (Å²) >= 11 is 0. The number of rotatable bonds is 6. The molecule has 0 radical (unpaired) electrons. The highest BCUT2D eigenvalue weighted by molar-refractivity contribution is 6.04. The molecule has 0 bridgehead atoms. The number of benzene rings is 6. The summed E-state index contributed by atoms with van der Waals surface area (Å²) in [5.41, 5.74) is 25.0. The SMILES string of the molecule is Nc1ccc(-c2ccc(C(=C(c3ccccc3)c3ccccc3)c3ccc(-c4ccc(N)cc4)cc3)cc2)cc1. The van der Waals surface area contributed by atoms with Gasteiger partial charge in [0.1, 0.15) is 0 Å². The predicted molar refractivity (Wildman–Crippen MR) is 170 cm³/mol. The van der Waals surface area contributed by atoms with Crippen molar-refractivity contribution in [2.45, 2.75) is 0 Å². The maximum absolute atomic E-state index is 5.92. The molecule has 0 aliphatic heterocycles. The van der Waals surface area contributed by atoms with Crippen LogP contribution in [0.3, 0.4) is 0 Å². The molecular weight excluding hydrogens is 484 g/mol. The molecule has 0 spiro atoms. The monoisotopic (exact) mass is 514 g/mol. The van der Waals surface area contributed by atoms with Crippen molar-refractivity contribution < 1.29 is 0 Å². The Balaban J connectivity index is 1.54. The van der Waals surface area contributed by atoms with E-state index in [9.17, 15) is 0 Å². The van der Waals surface area contributed by atoms with Crippen molar-refractivity contribution in [3.63, 3.8) is 0 Å². The fraction of sp³-hybridized carbons (Fsp3) is 0. The second kappa shape index (κ2) is 11.2. The van der Waals surface area contributed by atoms with Gasteiger partial charge < -0.3 is 11.5 Å². The van der Waals surface area contributed by atoms with Crippen LogP contribution >= 0.6 is 0 Å². The second-order valence-electron chi connectivity index (χ2n) is 9.88. The van der Waals surface area contributed by atoms with Crippen molar-refractivity contribution >= 4 is 22.5 Å². The van der Waals surface area contributed by atoms with Crippen LogP contribution in [0.25, 0.3) is 33.4 Å². The van der Waals surface area contributed by atoms with E-state index >= 15 is 0 Å². The molecule has 0 aliphatic rings. The van der Waals surface area contributed by atoms with Crippen molar-refractivity contribution in [3.8, 4) is 22.3 Å². The lowest BCUT2D eigenvalue weighted by Crippen LogP contribution is -1.98. The Kier molecular flexibility index (Phi) is 6.98. The van der Waals surface area contributed by atoms with Gasteiger partial charge in [-0.2, -0.15) is 0 Å². The molecule has 0 amide bonds. The van der Waals surface area contributed by atoms with Gasteiger partial charge in [0.25, 0.3) is 0 Å². The summed E-state index contributed by atoms with van der Waals surface area (Å²) in [4.78, 5) is 0. The summed E-state index contributed by atoms with van der Waals surface area (Å²) in [6.45, 7) is 0. The van der Waals surface area contributed by atoms with Gasteiger partial charge in [0.15, 0.2) is 0 Å². The predicted octanol–water partition coefficient (Wildman–Crippen LogP) is 9.19. The number of anilines is 2. The maximum atomic E-state index is 5.92. The summed E-state index contributed by atoms with van der Waals surface area (Å²) in [6.07, 6.45) is 0. The van der Waals surface area contributed by atoms with Gasteiger partial charge in [0.05, 0.1) is 0 Å². The summed E-state index contributed by atoms with van der Waals surface area (Å²) in [6, 6.07) is 55.0. The van der Waals surface area contributed by atoms with Gasteiger partial charge in [-0.15, -0.1) is 0 Å². The fourth-order valence-electron chi connectivity index (χ4n) is 5.13. The molecule has 0 fully saturated rings. The highest BCUT2D eigenvalue weighted by Crippen LogP contribution is 2.38. The van der Waals surface area contributed by atoms with Crippen molar-refractivity contribution in [2.24, 2.45) is 0 Å². The van der Waals surface area contributed by atoms with E-state index in [1.807, 2.05) is 24.3 Å². The molecule has 6 aromatic rings. The Morgan fingerprint density at radius 1 is 0.275 bits per heavy atom. The van der Waals surface area contributed by atoms with E-state index in [1.54, 1.807) is 0 Å². The van der Waals surface area contributed by atoms with Crippen LogP contribution in [-0.2, 0) is 0 Å². The Morgan fingerprint density at radius 3 is 0.825 bits per heavy atom. The summed E-state index contributed by atoms with van der Waals surface area (Å²) in [5, 5.41) is 0. The molecule has 0 saturated carbocycles. The average Bonchev–Trinajstić information content (AvgIpc) is 3.02. The molecule has 0 heterocycles. The standard InChI is InChI=1S/C38H30N2/c39-35-23-19-29(20-24-35)27-11-15-33(16-12-27)38(34-17-13-28(14-18-34)30-21-25-36(40)26-22-30)37(31-7-3-1-4-8-31)32-9-5-2-6-10-32/h1-26H,39-40H2. The van der Waals surface area contributed by atoms with Gasteiger partial charge in [0, 0.05) is 11.4 Å². The zero-order valence-electron chi connectivity index (χ0n) is 22.2. The van der Waals surface area contributed by atoms with Crippen LogP contribution in [0.1, 0.15) is 22.3 Å². The summed E-state index contributed by atoms with van der Waals surface area (Å²) in [7, 11) is 0. The van der Waals surface area contributed by atoms with Crippen LogP contribution in [0.5, 0.6) is 0 Å². The van der Waals surface area contributed by atoms with Crippen LogP contribution in [0, 0.1) is 0 Å². The Hall–Kier alpha value is -5.34. The largest absolute Gasteiger partial charge is 0.399 e. The average molecular weight is 515 g/mol. The molecular formula is C38H30N2. The van der Waals surface area contributed by atoms with Crippen molar-refractivity contribution in [1.82, 2.24) is 0 Å². The first-order valence-electron chi connectivity index (χ1n) is 13.4. The maximum Gasteiger partial charge on any atom is 0.0314 e. The van der Waals surface area contributed by atoms with E-state index < -0.39 is 0 Å². The van der Waals surface area contributed by atoms with Crippen LogP contribution in [0.15, 0.2) is 158 Å². The van der Waals surface area contributed by atoms with E-state index in [4.69, 9.17) is 11.5 Å². The topological polar surface area (TPSA) is 52.0 Å². The fourth-order valence-corrected chi connectivity index (χ4v) is 5.13. The number of nitrogen functional groups attached to an aromatic ring is 2. The lowest BCUT2D eigenvalue weighted by molar-refractivity contribution is 1.49. The van der Waals surface area contributed by atoms with E-state index in [-0.39, 0.29) is 0 Å². The minimum Gasteiger partial charge on any atom is -0.399 e. The first-order chi connectivity index (χ1) is 19.7. The molecule has 6 rings (SSSR count). The molecule has 192 valence electrons. The molecule has 2 nitrogen and oxygen atoms in total.